The average molecular weight is 219 g/mol. The molecular weight excluding hydrogens is 198 g/mol. The molecule has 0 amide bonds. The molecule has 3 heteroatoms. The van der Waals surface area contributed by atoms with Crippen LogP contribution >= 0.6 is 0 Å². The molecular formula is C13H21N3. The van der Waals surface area contributed by atoms with E-state index in [1.54, 1.807) is 0 Å². The normalized spacial score (nSPS) is 21.1. The second-order valence-corrected chi connectivity index (χ2v) is 4.57. The van der Waals surface area contributed by atoms with Gasteiger partial charge in [0.05, 0.1) is 0 Å². The molecule has 0 bridgehead atoms. The first-order chi connectivity index (χ1) is 7.81. The van der Waals surface area contributed by atoms with Crippen LogP contribution in [-0.4, -0.2) is 17.6 Å². The van der Waals surface area contributed by atoms with Crippen LogP contribution in [0.4, 0.5) is 11.5 Å². The van der Waals surface area contributed by atoms with E-state index in [1.807, 2.05) is 12.3 Å². The maximum Gasteiger partial charge on any atom is 0.125 e. The zero-order valence-electron chi connectivity index (χ0n) is 10.0. The maximum absolute atomic E-state index is 5.75. The Morgan fingerprint density at radius 1 is 1.50 bits per heavy atom. The van der Waals surface area contributed by atoms with E-state index in [9.17, 15) is 0 Å². The van der Waals surface area contributed by atoms with E-state index in [1.165, 1.54) is 37.8 Å². The van der Waals surface area contributed by atoms with Crippen LogP contribution in [-0.2, 0) is 0 Å². The molecule has 16 heavy (non-hydrogen) atoms. The fourth-order valence-corrected chi connectivity index (χ4v) is 2.59. The molecule has 1 aliphatic heterocycles. The predicted molar refractivity (Wildman–Crippen MR) is 68.5 cm³/mol. The highest BCUT2D eigenvalue weighted by atomic mass is 15.2. The minimum Gasteiger partial charge on any atom is -0.384 e. The average Bonchev–Trinajstić information content (AvgIpc) is 2.30. The summed E-state index contributed by atoms with van der Waals surface area (Å²) in [5, 5.41) is 0. The largest absolute Gasteiger partial charge is 0.384 e. The van der Waals surface area contributed by atoms with Crippen LogP contribution < -0.4 is 10.6 Å². The van der Waals surface area contributed by atoms with Crippen LogP contribution in [0.2, 0.25) is 0 Å². The van der Waals surface area contributed by atoms with Crippen molar-refractivity contribution < 1.29 is 0 Å². The Bertz CT molecular complexity index is 336. The van der Waals surface area contributed by atoms with Gasteiger partial charge in [-0.3, -0.25) is 0 Å². The van der Waals surface area contributed by atoms with Crippen molar-refractivity contribution in [3.63, 3.8) is 0 Å². The highest BCUT2D eigenvalue weighted by Gasteiger charge is 2.21. The van der Waals surface area contributed by atoms with Gasteiger partial charge in [0, 0.05) is 30.5 Å². The van der Waals surface area contributed by atoms with Gasteiger partial charge in [-0.05, 0) is 31.7 Å². The summed E-state index contributed by atoms with van der Waals surface area (Å²) >= 11 is 0. The van der Waals surface area contributed by atoms with Gasteiger partial charge in [-0.25, -0.2) is 4.98 Å². The van der Waals surface area contributed by atoms with Gasteiger partial charge in [0.2, 0.25) is 0 Å². The lowest BCUT2D eigenvalue weighted by molar-refractivity contribution is 0.435. The van der Waals surface area contributed by atoms with E-state index < -0.39 is 0 Å². The molecule has 0 aromatic carbocycles. The van der Waals surface area contributed by atoms with Crippen molar-refractivity contribution in [3.05, 3.63) is 18.3 Å². The number of hydrogen-bond donors (Lipinski definition) is 1. The van der Waals surface area contributed by atoms with Crippen molar-refractivity contribution in [2.75, 3.05) is 17.2 Å². The van der Waals surface area contributed by atoms with Crippen LogP contribution in [0.15, 0.2) is 18.3 Å². The molecule has 0 radical (unpaired) electrons. The van der Waals surface area contributed by atoms with E-state index >= 15 is 0 Å². The van der Waals surface area contributed by atoms with Crippen molar-refractivity contribution in [2.45, 2.75) is 45.1 Å². The van der Waals surface area contributed by atoms with E-state index in [2.05, 4.69) is 22.9 Å². The summed E-state index contributed by atoms with van der Waals surface area (Å²) in [6, 6.07) is 4.76. The Balaban J connectivity index is 2.16. The standard InChI is InChI=1S/C13H21N3/c1-2-5-11-6-3-4-9-16(11)12-7-8-15-13(14)10-12/h7-8,10-11H,2-6,9H2,1H3,(H2,14,15). The van der Waals surface area contributed by atoms with Gasteiger partial charge in [0.25, 0.3) is 0 Å². The lowest BCUT2D eigenvalue weighted by atomic mass is 9.97. The highest BCUT2D eigenvalue weighted by Crippen LogP contribution is 2.27. The second-order valence-electron chi connectivity index (χ2n) is 4.57. The number of nitrogens with zero attached hydrogens (tertiary/aromatic N) is 2. The topological polar surface area (TPSA) is 42.2 Å². The summed E-state index contributed by atoms with van der Waals surface area (Å²) in [6.45, 7) is 3.42. The molecule has 0 spiro atoms. The summed E-state index contributed by atoms with van der Waals surface area (Å²) in [4.78, 5) is 6.56. The number of nitrogen functional groups attached to an aromatic ring is 1. The summed E-state index contributed by atoms with van der Waals surface area (Å²) < 4.78 is 0. The maximum atomic E-state index is 5.75. The lowest BCUT2D eigenvalue weighted by Gasteiger charge is -2.37. The van der Waals surface area contributed by atoms with Gasteiger partial charge in [-0.1, -0.05) is 13.3 Å². The number of piperidine rings is 1. The Morgan fingerprint density at radius 3 is 3.12 bits per heavy atom. The summed E-state index contributed by atoms with van der Waals surface area (Å²) in [7, 11) is 0. The highest BCUT2D eigenvalue weighted by molar-refractivity contribution is 5.53. The Kier molecular flexibility index (Phi) is 3.65. The third kappa shape index (κ3) is 2.46. The molecule has 1 atom stereocenters. The van der Waals surface area contributed by atoms with Crippen molar-refractivity contribution in [3.8, 4) is 0 Å². The number of nitrogens with two attached hydrogens (primary N) is 1. The third-order valence-electron chi connectivity index (χ3n) is 3.35. The Morgan fingerprint density at radius 2 is 2.38 bits per heavy atom. The SMILES string of the molecule is CCCC1CCCCN1c1ccnc(N)c1. The van der Waals surface area contributed by atoms with Gasteiger partial charge in [0.15, 0.2) is 0 Å². The summed E-state index contributed by atoms with van der Waals surface area (Å²) in [5.41, 5.74) is 6.99. The van der Waals surface area contributed by atoms with Gasteiger partial charge in [-0.15, -0.1) is 0 Å². The number of pyridine rings is 1. The molecule has 2 N–H and O–H groups in total. The number of aromatic nitrogens is 1. The molecule has 2 heterocycles. The van der Waals surface area contributed by atoms with Gasteiger partial charge < -0.3 is 10.6 Å². The van der Waals surface area contributed by atoms with Crippen molar-refractivity contribution >= 4 is 11.5 Å². The smallest absolute Gasteiger partial charge is 0.125 e. The first-order valence-corrected chi connectivity index (χ1v) is 6.29. The van der Waals surface area contributed by atoms with Crippen molar-refractivity contribution in [2.24, 2.45) is 0 Å². The third-order valence-corrected chi connectivity index (χ3v) is 3.35. The Labute approximate surface area is 97.7 Å². The van der Waals surface area contributed by atoms with E-state index in [0.29, 0.717) is 11.9 Å². The fourth-order valence-electron chi connectivity index (χ4n) is 2.59. The first kappa shape index (κ1) is 11.2. The van der Waals surface area contributed by atoms with Crippen molar-refractivity contribution in [1.29, 1.82) is 0 Å². The molecule has 0 saturated carbocycles. The quantitative estimate of drug-likeness (QED) is 0.850. The predicted octanol–water partition coefficient (Wildman–Crippen LogP) is 2.82. The molecule has 1 fully saturated rings. The Hall–Kier alpha value is -1.25. The number of hydrogen-bond acceptors (Lipinski definition) is 3. The number of anilines is 2. The van der Waals surface area contributed by atoms with Crippen LogP contribution in [0.5, 0.6) is 0 Å². The second kappa shape index (κ2) is 5.19. The molecule has 1 aliphatic rings. The van der Waals surface area contributed by atoms with Crippen LogP contribution in [0.1, 0.15) is 39.0 Å². The summed E-state index contributed by atoms with van der Waals surface area (Å²) in [6.07, 6.45) is 8.31. The van der Waals surface area contributed by atoms with Gasteiger partial charge in [0.1, 0.15) is 5.82 Å². The van der Waals surface area contributed by atoms with Gasteiger partial charge >= 0.3 is 0 Å². The molecule has 2 rings (SSSR count). The van der Waals surface area contributed by atoms with Crippen LogP contribution in [0.25, 0.3) is 0 Å². The molecule has 1 aromatic heterocycles. The van der Waals surface area contributed by atoms with E-state index in [0.717, 1.165) is 6.54 Å². The minimum absolute atomic E-state index is 0.623. The van der Waals surface area contributed by atoms with Crippen LogP contribution in [0.3, 0.4) is 0 Å². The fraction of sp³-hybridized carbons (Fsp3) is 0.615. The zero-order chi connectivity index (χ0) is 11.4. The molecule has 88 valence electrons. The minimum atomic E-state index is 0.623. The lowest BCUT2D eigenvalue weighted by Crippen LogP contribution is -2.39. The van der Waals surface area contributed by atoms with Crippen molar-refractivity contribution in [1.82, 2.24) is 4.98 Å². The molecule has 1 aromatic rings. The first-order valence-electron chi connectivity index (χ1n) is 6.29. The molecule has 0 aliphatic carbocycles. The zero-order valence-corrected chi connectivity index (χ0v) is 10.0. The summed E-state index contributed by atoms with van der Waals surface area (Å²) in [5.74, 6) is 0.623. The molecule has 3 nitrogen and oxygen atoms in total. The molecule has 1 unspecified atom stereocenters. The van der Waals surface area contributed by atoms with Gasteiger partial charge in [-0.2, -0.15) is 0 Å². The van der Waals surface area contributed by atoms with Crippen LogP contribution in [0, 0.1) is 0 Å². The number of rotatable bonds is 3. The van der Waals surface area contributed by atoms with E-state index in [-0.39, 0.29) is 0 Å². The van der Waals surface area contributed by atoms with E-state index in [4.69, 9.17) is 5.73 Å². The monoisotopic (exact) mass is 219 g/mol. The molecule has 1 saturated heterocycles.